The predicted octanol–water partition coefficient (Wildman–Crippen LogP) is 2.36. The minimum atomic E-state index is -4.59. The summed E-state index contributed by atoms with van der Waals surface area (Å²) in [5, 5.41) is 0. The third kappa shape index (κ3) is 17.4. The van der Waals surface area contributed by atoms with Crippen molar-refractivity contribution in [2.24, 2.45) is 0 Å². The van der Waals surface area contributed by atoms with E-state index in [-0.39, 0.29) is 26.1 Å². The van der Waals surface area contributed by atoms with Crippen LogP contribution in [0.5, 0.6) is 0 Å². The number of nitrogens with zero attached hydrogens (tertiary/aromatic N) is 1. The number of allylic oxidation sites excluding steroid dienone is 2. The van der Waals surface area contributed by atoms with Gasteiger partial charge in [-0.05, 0) is 12.8 Å². The largest absolute Gasteiger partial charge is 0.756 e. The van der Waals surface area contributed by atoms with Gasteiger partial charge in [-0.15, -0.1) is 0 Å². The molecule has 0 spiro atoms. The second-order valence-corrected chi connectivity index (χ2v) is 8.96. The molecule has 0 N–H and O–H groups in total. The van der Waals surface area contributed by atoms with Crippen molar-refractivity contribution in [1.82, 2.24) is 0 Å². The lowest BCUT2D eigenvalue weighted by Crippen LogP contribution is -2.37. The van der Waals surface area contributed by atoms with Crippen LogP contribution in [0.25, 0.3) is 0 Å². The van der Waals surface area contributed by atoms with Gasteiger partial charge in [0.15, 0.2) is 6.10 Å². The highest BCUT2D eigenvalue weighted by Gasteiger charge is 2.21. The molecule has 174 valence electrons. The Morgan fingerprint density at radius 1 is 0.933 bits per heavy atom. The average molecular weight is 449 g/mol. The molecular weight excluding hydrogens is 413 g/mol. The third-order valence-electron chi connectivity index (χ3n) is 3.53. The zero-order chi connectivity index (χ0) is 23.0. The van der Waals surface area contributed by atoms with Crippen LogP contribution >= 0.6 is 7.82 Å². The van der Waals surface area contributed by atoms with Crippen molar-refractivity contribution < 1.29 is 42.1 Å². The molecule has 0 aromatic carbocycles. The Kier molecular flexibility index (Phi) is 14.5. The molecule has 2 atom stereocenters. The number of phosphoric acid groups is 1. The quantitative estimate of drug-likeness (QED) is 0.153. The molecule has 0 bridgehead atoms. The summed E-state index contributed by atoms with van der Waals surface area (Å²) in [6.07, 6.45) is 7.53. The zero-order valence-corrected chi connectivity index (χ0v) is 19.6. The van der Waals surface area contributed by atoms with Crippen LogP contribution in [0.2, 0.25) is 0 Å². The Hall–Kier alpha value is -1.51. The van der Waals surface area contributed by atoms with E-state index in [4.69, 9.17) is 18.5 Å². The first-order valence-electron chi connectivity index (χ1n) is 10.0. The number of esters is 2. The highest BCUT2D eigenvalue weighted by atomic mass is 31.2. The van der Waals surface area contributed by atoms with Gasteiger partial charge in [0.2, 0.25) is 0 Å². The summed E-state index contributed by atoms with van der Waals surface area (Å²) in [6.45, 7) is 3.45. The number of likely N-dealkylation sites (N-methyl/N-ethyl adjacent to an activating group) is 1. The Bertz CT molecular complexity index is 612. The summed E-state index contributed by atoms with van der Waals surface area (Å²) in [5.41, 5.74) is 0. The van der Waals surface area contributed by atoms with E-state index in [9.17, 15) is 19.0 Å². The van der Waals surface area contributed by atoms with Gasteiger partial charge in [0, 0.05) is 0 Å². The number of quaternary nitrogens is 1. The fourth-order valence-electron chi connectivity index (χ4n) is 1.93. The first-order valence-corrected chi connectivity index (χ1v) is 11.5. The monoisotopic (exact) mass is 449 g/mol. The maximum atomic E-state index is 11.9. The first-order chi connectivity index (χ1) is 14.0. The second-order valence-electron chi connectivity index (χ2n) is 7.55. The molecule has 0 heterocycles. The van der Waals surface area contributed by atoms with E-state index in [2.05, 4.69) is 0 Å². The molecule has 0 radical (unpaired) electrons. The van der Waals surface area contributed by atoms with Crippen LogP contribution in [0.15, 0.2) is 24.3 Å². The van der Waals surface area contributed by atoms with Gasteiger partial charge < -0.3 is 27.9 Å². The fourth-order valence-corrected chi connectivity index (χ4v) is 2.65. The normalized spacial score (nSPS) is 15.3. The van der Waals surface area contributed by atoms with Crippen LogP contribution in [-0.4, -0.2) is 70.0 Å². The summed E-state index contributed by atoms with van der Waals surface area (Å²) in [7, 11) is 1.10. The topological polar surface area (TPSA) is 111 Å². The van der Waals surface area contributed by atoms with Gasteiger partial charge in [0.1, 0.15) is 19.8 Å². The summed E-state index contributed by atoms with van der Waals surface area (Å²) < 4.78 is 32.4. The molecule has 0 aliphatic rings. The molecule has 10 heteroatoms. The molecule has 9 nitrogen and oxygen atoms in total. The van der Waals surface area contributed by atoms with Crippen molar-refractivity contribution in [1.29, 1.82) is 0 Å². The van der Waals surface area contributed by atoms with E-state index >= 15 is 0 Å². The number of ether oxygens (including phenoxy) is 2. The zero-order valence-electron chi connectivity index (χ0n) is 18.7. The molecule has 0 amide bonds. The van der Waals surface area contributed by atoms with Crippen molar-refractivity contribution in [3.8, 4) is 0 Å². The van der Waals surface area contributed by atoms with E-state index < -0.39 is 32.5 Å². The molecule has 0 aliphatic heterocycles. The second kappa shape index (κ2) is 15.3. The predicted molar refractivity (Wildman–Crippen MR) is 111 cm³/mol. The van der Waals surface area contributed by atoms with Gasteiger partial charge in [0.05, 0.1) is 40.6 Å². The Morgan fingerprint density at radius 3 is 2.03 bits per heavy atom. The molecule has 30 heavy (non-hydrogen) atoms. The van der Waals surface area contributed by atoms with Gasteiger partial charge in [-0.1, -0.05) is 38.2 Å². The maximum Gasteiger partial charge on any atom is 0.310 e. The average Bonchev–Trinajstić information content (AvgIpc) is 2.63. The summed E-state index contributed by atoms with van der Waals surface area (Å²) in [6, 6.07) is 0. The fraction of sp³-hybridized carbons (Fsp3) is 0.700. The van der Waals surface area contributed by atoms with Crippen LogP contribution in [0.4, 0.5) is 0 Å². The van der Waals surface area contributed by atoms with Crippen molar-refractivity contribution in [2.75, 3.05) is 47.5 Å². The number of carbonyl (C=O) groups is 2. The highest BCUT2D eigenvalue weighted by Crippen LogP contribution is 2.38. The summed E-state index contributed by atoms with van der Waals surface area (Å²) in [4.78, 5) is 35.6. The SMILES string of the molecule is CC/C=C\CC(=O)OC[C@H](COP(=O)([O-])OCC[N+](C)(C)C)OC(=O)C/C=C\CC. The minimum Gasteiger partial charge on any atom is -0.756 e. The van der Waals surface area contributed by atoms with Gasteiger partial charge in [-0.25, -0.2) is 0 Å². The van der Waals surface area contributed by atoms with E-state index in [1.807, 2.05) is 41.1 Å². The molecule has 0 fully saturated rings. The van der Waals surface area contributed by atoms with Crippen molar-refractivity contribution in [3.63, 3.8) is 0 Å². The number of hydrogen-bond acceptors (Lipinski definition) is 8. The molecule has 0 aliphatic carbocycles. The van der Waals surface area contributed by atoms with Crippen molar-refractivity contribution in [2.45, 2.75) is 45.6 Å². The minimum absolute atomic E-state index is 0.0204. The number of phosphoric ester groups is 1. The van der Waals surface area contributed by atoms with Crippen molar-refractivity contribution >= 4 is 19.8 Å². The number of hydrogen-bond donors (Lipinski definition) is 0. The molecule has 0 saturated heterocycles. The lowest BCUT2D eigenvalue weighted by Gasteiger charge is -2.28. The van der Waals surface area contributed by atoms with E-state index in [1.165, 1.54) is 0 Å². The van der Waals surface area contributed by atoms with Gasteiger partial charge in [0.25, 0.3) is 7.82 Å². The van der Waals surface area contributed by atoms with Crippen LogP contribution in [0.1, 0.15) is 39.5 Å². The smallest absolute Gasteiger partial charge is 0.310 e. The van der Waals surface area contributed by atoms with Gasteiger partial charge in [-0.3, -0.25) is 14.2 Å². The summed E-state index contributed by atoms with van der Waals surface area (Å²) >= 11 is 0. The lowest BCUT2D eigenvalue weighted by atomic mass is 10.3. The van der Waals surface area contributed by atoms with Crippen molar-refractivity contribution in [3.05, 3.63) is 24.3 Å². The Balaban J connectivity index is 4.74. The van der Waals surface area contributed by atoms with Gasteiger partial charge in [-0.2, -0.15) is 0 Å². The Labute approximate surface area is 179 Å². The van der Waals surface area contributed by atoms with Crippen LogP contribution in [0, 0.1) is 0 Å². The summed E-state index contributed by atoms with van der Waals surface area (Å²) in [5.74, 6) is -1.10. The molecular formula is C20H36NO8P. The number of rotatable bonds is 16. The highest BCUT2D eigenvalue weighted by molar-refractivity contribution is 7.45. The Morgan fingerprint density at radius 2 is 1.50 bits per heavy atom. The standard InChI is InChI=1S/C20H36NO8P/c1-6-8-10-12-19(22)26-16-18(29-20(23)13-11-9-7-2)17-28-30(24,25)27-15-14-21(3,4)5/h8-11,18H,6-7,12-17H2,1-5H3/b10-8-,11-9-/t18-/m1/s1. The number of carbonyl (C=O) groups excluding carboxylic acids is 2. The van der Waals surface area contributed by atoms with Crippen LogP contribution < -0.4 is 4.89 Å². The third-order valence-corrected chi connectivity index (χ3v) is 4.50. The molecule has 1 unspecified atom stereocenters. The molecule has 0 rings (SSSR count). The molecule has 0 aromatic heterocycles. The van der Waals surface area contributed by atoms with E-state index in [0.717, 1.165) is 12.8 Å². The van der Waals surface area contributed by atoms with Gasteiger partial charge >= 0.3 is 11.9 Å². The molecule has 0 aromatic rings. The first kappa shape index (κ1) is 28.5. The lowest BCUT2D eigenvalue weighted by molar-refractivity contribution is -0.870. The molecule has 0 saturated carbocycles. The van der Waals surface area contributed by atoms with Crippen LogP contribution in [0.3, 0.4) is 0 Å². The maximum absolute atomic E-state index is 11.9. The van der Waals surface area contributed by atoms with Crippen LogP contribution in [-0.2, 0) is 32.7 Å². The van der Waals surface area contributed by atoms with E-state index in [0.29, 0.717) is 11.0 Å². The van der Waals surface area contributed by atoms with E-state index in [1.54, 1.807) is 18.2 Å².